The van der Waals surface area contributed by atoms with Gasteiger partial charge in [0.25, 0.3) is 8.53 Å². The van der Waals surface area contributed by atoms with Crippen molar-refractivity contribution in [3.05, 3.63) is 0 Å². The van der Waals surface area contributed by atoms with E-state index >= 15 is 0 Å². The first kappa shape index (κ1) is 21.8. The molecule has 0 aliphatic heterocycles. The van der Waals surface area contributed by atoms with Crippen molar-refractivity contribution in [1.29, 1.82) is 5.26 Å². The summed E-state index contributed by atoms with van der Waals surface area (Å²) in [6.07, 6.45) is 1.60. The molecule has 0 aliphatic rings. The Labute approximate surface area is 138 Å². The second-order valence-corrected chi connectivity index (χ2v) is 7.46. The third-order valence-electron chi connectivity index (χ3n) is 3.12. The quantitative estimate of drug-likeness (QED) is 0.313. The van der Waals surface area contributed by atoms with Crippen molar-refractivity contribution in [2.24, 2.45) is 0 Å². The van der Waals surface area contributed by atoms with Crippen molar-refractivity contribution in [2.45, 2.75) is 78.6 Å². The molecule has 0 saturated carbocycles. The number of hydrogen-bond acceptors (Lipinski definition) is 5. The average molecular weight is 330 g/mol. The molecule has 128 valence electrons. The van der Waals surface area contributed by atoms with Gasteiger partial charge in [-0.3, -0.25) is 0 Å². The highest BCUT2D eigenvalue weighted by Crippen LogP contribution is 2.46. The van der Waals surface area contributed by atoms with E-state index in [1.54, 1.807) is 0 Å². The average Bonchev–Trinajstić information content (AvgIpc) is 2.43. The van der Waals surface area contributed by atoms with Gasteiger partial charge in [0.15, 0.2) is 0 Å². The van der Waals surface area contributed by atoms with E-state index < -0.39 is 8.53 Å². The molecule has 0 rings (SSSR count). The van der Waals surface area contributed by atoms with Crippen LogP contribution < -0.4 is 0 Å². The monoisotopic (exact) mass is 330 g/mol. The predicted molar refractivity (Wildman–Crippen MR) is 94.3 cm³/mol. The topological polar surface area (TPSA) is 54.7 Å². The molecule has 0 aromatic carbocycles. The maximum absolute atomic E-state index is 8.68. The van der Waals surface area contributed by atoms with Crippen LogP contribution in [0.1, 0.15) is 54.4 Å². The van der Waals surface area contributed by atoms with Crippen LogP contribution in [-0.4, -0.2) is 49.9 Å². The fourth-order valence-electron chi connectivity index (χ4n) is 2.01. The highest BCUT2D eigenvalue weighted by atomic mass is 31.2. The van der Waals surface area contributed by atoms with Crippen molar-refractivity contribution in [1.82, 2.24) is 4.67 Å². The summed E-state index contributed by atoms with van der Waals surface area (Å²) < 4.78 is 19.9. The first-order chi connectivity index (χ1) is 10.3. The van der Waals surface area contributed by atoms with Gasteiger partial charge in [0, 0.05) is 18.1 Å². The zero-order valence-corrected chi connectivity index (χ0v) is 16.1. The minimum Gasteiger partial charge on any atom is -0.382 e. The van der Waals surface area contributed by atoms with Crippen LogP contribution in [0, 0.1) is 11.3 Å². The van der Waals surface area contributed by atoms with Crippen LogP contribution >= 0.6 is 8.53 Å². The highest BCUT2D eigenvalue weighted by Gasteiger charge is 2.27. The van der Waals surface area contributed by atoms with Crippen LogP contribution in [0.2, 0.25) is 0 Å². The zero-order valence-electron chi connectivity index (χ0n) is 15.2. The van der Waals surface area contributed by atoms with Gasteiger partial charge < -0.3 is 13.8 Å². The highest BCUT2D eigenvalue weighted by molar-refractivity contribution is 7.44. The van der Waals surface area contributed by atoms with E-state index in [0.717, 1.165) is 6.42 Å². The van der Waals surface area contributed by atoms with Crippen molar-refractivity contribution < 1.29 is 13.8 Å². The molecule has 22 heavy (non-hydrogen) atoms. The van der Waals surface area contributed by atoms with Crippen LogP contribution in [0.3, 0.4) is 0 Å². The third-order valence-corrected chi connectivity index (χ3v) is 5.20. The molecule has 0 radical (unpaired) electrons. The first-order valence-electron chi connectivity index (χ1n) is 8.20. The summed E-state index contributed by atoms with van der Waals surface area (Å²) in [6, 6.07) is 2.77. The minimum absolute atomic E-state index is 0.0284. The lowest BCUT2D eigenvalue weighted by Gasteiger charge is -2.36. The van der Waals surface area contributed by atoms with Crippen molar-refractivity contribution in [3.8, 4) is 6.07 Å². The molecule has 0 fully saturated rings. The largest absolute Gasteiger partial charge is 0.382 e. The zero-order chi connectivity index (χ0) is 17.1. The van der Waals surface area contributed by atoms with Crippen LogP contribution in [-0.2, 0) is 13.8 Å². The lowest BCUT2D eigenvalue weighted by Crippen LogP contribution is -2.34. The third kappa shape index (κ3) is 9.07. The van der Waals surface area contributed by atoms with Crippen LogP contribution in [0.25, 0.3) is 0 Å². The molecule has 0 aromatic heterocycles. The van der Waals surface area contributed by atoms with E-state index in [1.165, 1.54) is 0 Å². The maximum Gasteiger partial charge on any atom is 0.259 e. The standard InChI is InChI=1S/C15H32BN2O3P/c1-7-14(6)21-15(16)11-20-22(19-10-8-9-17)18(12(2)3)13(4)5/h12-15H,7-8,10-11,16H2,1-6H3. The molecule has 7 heteroatoms. The molecule has 0 saturated heterocycles. The SMILES string of the molecule is BC(COP(OCCC#N)N(C(C)C)C(C)C)OC(C)CC. The molecule has 3 atom stereocenters. The molecular formula is C15H32BN2O3P. The van der Waals surface area contributed by atoms with E-state index in [1.807, 2.05) is 7.85 Å². The Kier molecular flexibility index (Phi) is 12.2. The van der Waals surface area contributed by atoms with Crippen molar-refractivity contribution >= 4 is 16.4 Å². The fourth-order valence-corrected chi connectivity index (χ4v) is 3.69. The Hall–Kier alpha value is -0.175. The summed E-state index contributed by atoms with van der Waals surface area (Å²) in [4.78, 5) is 0. The van der Waals surface area contributed by atoms with Crippen LogP contribution in [0.5, 0.6) is 0 Å². The summed E-state index contributed by atoms with van der Waals surface area (Å²) in [5.74, 6) is 0. The normalized spacial score (nSPS) is 16.0. The molecule has 0 aliphatic carbocycles. The van der Waals surface area contributed by atoms with Gasteiger partial charge in [-0.15, -0.1) is 0 Å². The number of rotatable bonds is 12. The number of ether oxygens (including phenoxy) is 1. The fraction of sp³-hybridized carbons (Fsp3) is 0.933. The Bertz CT molecular complexity index is 318. The van der Waals surface area contributed by atoms with Crippen molar-refractivity contribution in [2.75, 3.05) is 13.2 Å². The van der Waals surface area contributed by atoms with Gasteiger partial charge in [-0.2, -0.15) is 5.26 Å². The Morgan fingerprint density at radius 3 is 2.18 bits per heavy atom. The van der Waals surface area contributed by atoms with Gasteiger partial charge >= 0.3 is 0 Å². The summed E-state index contributed by atoms with van der Waals surface area (Å²) in [6.45, 7) is 13.6. The minimum atomic E-state index is -1.17. The van der Waals surface area contributed by atoms with E-state index in [4.69, 9.17) is 19.0 Å². The van der Waals surface area contributed by atoms with Gasteiger partial charge in [0.05, 0.1) is 31.8 Å². The van der Waals surface area contributed by atoms with E-state index in [0.29, 0.717) is 31.7 Å². The first-order valence-corrected chi connectivity index (χ1v) is 9.33. The molecule has 0 N–H and O–H groups in total. The van der Waals surface area contributed by atoms with Gasteiger partial charge in [-0.1, -0.05) is 6.92 Å². The predicted octanol–water partition coefficient (Wildman–Crippen LogP) is 3.05. The molecule has 5 nitrogen and oxygen atoms in total. The van der Waals surface area contributed by atoms with Crippen LogP contribution in [0.15, 0.2) is 0 Å². The van der Waals surface area contributed by atoms with E-state index in [-0.39, 0.29) is 12.1 Å². The van der Waals surface area contributed by atoms with Crippen LogP contribution in [0.4, 0.5) is 0 Å². The maximum atomic E-state index is 8.68. The molecule has 0 heterocycles. The lowest BCUT2D eigenvalue weighted by molar-refractivity contribution is 0.0131. The molecule has 0 aromatic rings. The van der Waals surface area contributed by atoms with E-state index in [9.17, 15) is 0 Å². The van der Waals surface area contributed by atoms with E-state index in [2.05, 4.69) is 52.3 Å². The Balaban J connectivity index is 4.61. The summed E-state index contributed by atoms with van der Waals surface area (Å²) >= 11 is 0. The van der Waals surface area contributed by atoms with Gasteiger partial charge in [0.2, 0.25) is 0 Å². The Morgan fingerprint density at radius 1 is 1.14 bits per heavy atom. The van der Waals surface area contributed by atoms with Crippen molar-refractivity contribution in [3.63, 3.8) is 0 Å². The molecule has 0 amide bonds. The smallest absolute Gasteiger partial charge is 0.259 e. The molecule has 0 spiro atoms. The van der Waals surface area contributed by atoms with Gasteiger partial charge in [-0.25, -0.2) is 4.67 Å². The second kappa shape index (κ2) is 12.3. The van der Waals surface area contributed by atoms with Gasteiger partial charge in [0.1, 0.15) is 7.85 Å². The summed E-state index contributed by atoms with van der Waals surface area (Å²) in [5, 5.41) is 8.68. The number of nitriles is 1. The molecular weight excluding hydrogens is 298 g/mol. The Morgan fingerprint density at radius 2 is 1.73 bits per heavy atom. The summed E-state index contributed by atoms with van der Waals surface area (Å²) in [7, 11) is 0.844. The second-order valence-electron chi connectivity index (χ2n) is 6.01. The number of hydrogen-bond donors (Lipinski definition) is 0. The summed E-state index contributed by atoms with van der Waals surface area (Å²) in [5.41, 5.74) is 0. The lowest BCUT2D eigenvalue weighted by atomic mass is 10.0. The number of nitrogens with zero attached hydrogens (tertiary/aromatic N) is 2. The molecule has 3 unspecified atom stereocenters. The molecule has 0 bridgehead atoms. The van der Waals surface area contributed by atoms with Gasteiger partial charge in [-0.05, 0) is 41.0 Å².